The molecule has 1 aromatic carbocycles. The van der Waals surface area contributed by atoms with Gasteiger partial charge in [-0.15, -0.1) is 0 Å². The summed E-state index contributed by atoms with van der Waals surface area (Å²) >= 11 is 0. The number of para-hydroxylation sites is 1. The maximum absolute atomic E-state index is 9.80. The van der Waals surface area contributed by atoms with Crippen LogP contribution in [-0.4, -0.2) is 24.7 Å². The molecule has 3 heteroatoms. The van der Waals surface area contributed by atoms with Crippen LogP contribution in [0.1, 0.15) is 11.7 Å². The lowest BCUT2D eigenvalue weighted by molar-refractivity contribution is 0.143. The van der Waals surface area contributed by atoms with Gasteiger partial charge in [0.15, 0.2) is 0 Å². The number of likely N-dealkylation sites (N-methyl/N-ethyl adjacent to an activating group) is 1. The van der Waals surface area contributed by atoms with E-state index in [0.29, 0.717) is 6.54 Å². The fraction of sp³-hybridized carbons (Fsp3) is 0.400. The number of benzene rings is 1. The van der Waals surface area contributed by atoms with Crippen LogP contribution in [-0.2, 0) is 0 Å². The van der Waals surface area contributed by atoms with Gasteiger partial charge in [-0.1, -0.05) is 18.2 Å². The van der Waals surface area contributed by atoms with Crippen LogP contribution < -0.4 is 10.6 Å². The normalized spacial score (nSPS) is 27.2. The highest BCUT2D eigenvalue weighted by molar-refractivity contribution is 5.56. The van der Waals surface area contributed by atoms with Crippen LogP contribution >= 0.6 is 0 Å². The van der Waals surface area contributed by atoms with Crippen LogP contribution in [0, 0.1) is 0 Å². The predicted molar refractivity (Wildman–Crippen MR) is 52.6 cm³/mol. The molecule has 0 saturated carbocycles. The minimum Gasteiger partial charge on any atom is -0.387 e. The maximum Gasteiger partial charge on any atom is 0.0978 e. The minimum absolute atomic E-state index is 0.181. The number of aliphatic hydroxyl groups is 1. The van der Waals surface area contributed by atoms with Gasteiger partial charge in [0, 0.05) is 24.8 Å². The quantitative estimate of drug-likeness (QED) is 0.608. The summed E-state index contributed by atoms with van der Waals surface area (Å²) in [6, 6.07) is 7.65. The molecule has 0 amide bonds. The molecule has 13 heavy (non-hydrogen) atoms. The van der Waals surface area contributed by atoms with E-state index in [1.165, 1.54) is 0 Å². The van der Waals surface area contributed by atoms with E-state index in [0.717, 1.165) is 11.3 Å². The van der Waals surface area contributed by atoms with Crippen LogP contribution in [0.2, 0.25) is 0 Å². The zero-order valence-corrected chi connectivity index (χ0v) is 7.64. The SMILES string of the molecule is CN1C[C@H](N)[C@@H](O)c2ccccc21. The average Bonchev–Trinajstić information content (AvgIpc) is 2.15. The molecule has 0 fully saturated rings. The van der Waals surface area contributed by atoms with Gasteiger partial charge in [-0.3, -0.25) is 0 Å². The number of aliphatic hydroxyl groups excluding tert-OH is 1. The van der Waals surface area contributed by atoms with E-state index in [1.807, 2.05) is 31.3 Å². The number of nitrogens with zero attached hydrogens (tertiary/aromatic N) is 1. The molecule has 0 unspecified atom stereocenters. The summed E-state index contributed by atoms with van der Waals surface area (Å²) in [7, 11) is 1.99. The summed E-state index contributed by atoms with van der Waals surface area (Å²) in [5.41, 5.74) is 7.81. The Hall–Kier alpha value is -1.06. The third-order valence-electron chi connectivity index (χ3n) is 2.56. The Morgan fingerprint density at radius 1 is 1.46 bits per heavy atom. The molecule has 3 N–H and O–H groups in total. The Balaban J connectivity index is 2.47. The molecule has 0 bridgehead atoms. The second kappa shape index (κ2) is 3.01. The molecule has 1 heterocycles. The Labute approximate surface area is 77.8 Å². The highest BCUT2D eigenvalue weighted by atomic mass is 16.3. The first-order chi connectivity index (χ1) is 6.20. The van der Waals surface area contributed by atoms with Crippen LogP contribution in [0.25, 0.3) is 0 Å². The van der Waals surface area contributed by atoms with Crippen LogP contribution in [0.3, 0.4) is 0 Å². The van der Waals surface area contributed by atoms with Gasteiger partial charge >= 0.3 is 0 Å². The van der Waals surface area contributed by atoms with Gasteiger partial charge in [0.2, 0.25) is 0 Å². The highest BCUT2D eigenvalue weighted by Crippen LogP contribution is 2.31. The third-order valence-corrected chi connectivity index (χ3v) is 2.56. The van der Waals surface area contributed by atoms with E-state index in [2.05, 4.69) is 4.90 Å². The smallest absolute Gasteiger partial charge is 0.0978 e. The van der Waals surface area contributed by atoms with Crippen molar-refractivity contribution in [2.75, 3.05) is 18.5 Å². The number of nitrogens with two attached hydrogens (primary N) is 1. The van der Waals surface area contributed by atoms with Crippen molar-refractivity contribution in [1.29, 1.82) is 0 Å². The van der Waals surface area contributed by atoms with Crippen molar-refractivity contribution in [2.45, 2.75) is 12.1 Å². The van der Waals surface area contributed by atoms with Gasteiger partial charge < -0.3 is 15.7 Å². The molecule has 0 spiro atoms. The van der Waals surface area contributed by atoms with E-state index in [9.17, 15) is 5.11 Å². The Bertz CT molecular complexity index is 314. The summed E-state index contributed by atoms with van der Waals surface area (Å²) in [4.78, 5) is 2.08. The number of rotatable bonds is 0. The average molecular weight is 178 g/mol. The molecule has 1 aliphatic rings. The van der Waals surface area contributed by atoms with Crippen molar-refractivity contribution in [2.24, 2.45) is 5.73 Å². The zero-order chi connectivity index (χ0) is 9.42. The first-order valence-electron chi connectivity index (χ1n) is 4.44. The number of anilines is 1. The van der Waals surface area contributed by atoms with Gasteiger partial charge in [-0.25, -0.2) is 0 Å². The lowest BCUT2D eigenvalue weighted by Crippen LogP contribution is -2.44. The minimum atomic E-state index is -0.521. The topological polar surface area (TPSA) is 49.5 Å². The van der Waals surface area contributed by atoms with Crippen molar-refractivity contribution >= 4 is 5.69 Å². The molecule has 0 radical (unpaired) electrons. The monoisotopic (exact) mass is 178 g/mol. The maximum atomic E-state index is 9.80. The van der Waals surface area contributed by atoms with E-state index >= 15 is 0 Å². The summed E-state index contributed by atoms with van der Waals surface area (Å²) < 4.78 is 0. The molecule has 3 nitrogen and oxygen atoms in total. The molecule has 2 atom stereocenters. The molecular formula is C10H14N2O. The van der Waals surface area contributed by atoms with Crippen molar-refractivity contribution in [1.82, 2.24) is 0 Å². The molecule has 1 aromatic rings. The van der Waals surface area contributed by atoms with Crippen molar-refractivity contribution in [3.63, 3.8) is 0 Å². The predicted octanol–water partition coefficient (Wildman–Crippen LogP) is 0.497. The summed E-state index contributed by atoms with van der Waals surface area (Å²) in [6.07, 6.45) is -0.521. The van der Waals surface area contributed by atoms with E-state index in [-0.39, 0.29) is 6.04 Å². The lowest BCUT2D eigenvalue weighted by Gasteiger charge is -2.34. The molecule has 0 aliphatic carbocycles. The molecular weight excluding hydrogens is 164 g/mol. The van der Waals surface area contributed by atoms with E-state index in [1.54, 1.807) is 0 Å². The first-order valence-corrected chi connectivity index (χ1v) is 4.44. The van der Waals surface area contributed by atoms with E-state index < -0.39 is 6.10 Å². The van der Waals surface area contributed by atoms with Crippen LogP contribution in [0.15, 0.2) is 24.3 Å². The second-order valence-electron chi connectivity index (χ2n) is 3.55. The Morgan fingerprint density at radius 2 is 2.15 bits per heavy atom. The zero-order valence-electron chi connectivity index (χ0n) is 7.64. The summed E-state index contributed by atoms with van der Waals surface area (Å²) in [6.45, 7) is 0.707. The van der Waals surface area contributed by atoms with E-state index in [4.69, 9.17) is 5.73 Å². The molecule has 0 aromatic heterocycles. The van der Waals surface area contributed by atoms with Gasteiger partial charge in [-0.2, -0.15) is 0 Å². The van der Waals surface area contributed by atoms with Crippen molar-refractivity contribution in [3.05, 3.63) is 29.8 Å². The van der Waals surface area contributed by atoms with Gasteiger partial charge in [0.25, 0.3) is 0 Å². The number of fused-ring (bicyclic) bond motifs is 1. The number of hydrogen-bond acceptors (Lipinski definition) is 3. The van der Waals surface area contributed by atoms with Crippen LogP contribution in [0.4, 0.5) is 5.69 Å². The largest absolute Gasteiger partial charge is 0.387 e. The Morgan fingerprint density at radius 3 is 2.92 bits per heavy atom. The van der Waals surface area contributed by atoms with Crippen molar-refractivity contribution in [3.8, 4) is 0 Å². The molecule has 70 valence electrons. The van der Waals surface area contributed by atoms with Gasteiger partial charge in [-0.05, 0) is 6.07 Å². The summed E-state index contributed by atoms with van der Waals surface area (Å²) in [5, 5.41) is 9.80. The number of hydrogen-bond donors (Lipinski definition) is 2. The first kappa shape index (κ1) is 8.53. The molecule has 2 rings (SSSR count). The lowest BCUT2D eigenvalue weighted by atomic mass is 9.96. The molecule has 0 saturated heterocycles. The van der Waals surface area contributed by atoms with Gasteiger partial charge in [0.05, 0.1) is 12.1 Å². The Kier molecular flexibility index (Phi) is 1.98. The van der Waals surface area contributed by atoms with Crippen LogP contribution in [0.5, 0.6) is 0 Å². The third kappa shape index (κ3) is 1.30. The molecule has 1 aliphatic heterocycles. The van der Waals surface area contributed by atoms with Crippen molar-refractivity contribution < 1.29 is 5.11 Å². The second-order valence-corrected chi connectivity index (χ2v) is 3.55. The fourth-order valence-corrected chi connectivity index (χ4v) is 1.83. The summed E-state index contributed by atoms with van der Waals surface area (Å²) in [5.74, 6) is 0. The van der Waals surface area contributed by atoms with Gasteiger partial charge in [0.1, 0.15) is 0 Å². The standard InChI is InChI=1S/C10H14N2O/c1-12-6-8(11)10(13)7-4-2-3-5-9(7)12/h2-5,8,10,13H,6,11H2,1H3/t8-,10-/m0/s1. The fourth-order valence-electron chi connectivity index (χ4n) is 1.83. The highest BCUT2D eigenvalue weighted by Gasteiger charge is 2.27.